The van der Waals surface area contributed by atoms with E-state index in [1.807, 2.05) is 31.2 Å². The van der Waals surface area contributed by atoms with Crippen molar-refractivity contribution in [2.45, 2.75) is 19.9 Å². The zero-order valence-electron chi connectivity index (χ0n) is 19.3. The van der Waals surface area contributed by atoms with Gasteiger partial charge in [0.2, 0.25) is 0 Å². The average molecular weight is 515 g/mol. The number of carbonyl (C=O) groups is 2. The third-order valence-corrected chi connectivity index (χ3v) is 7.53. The highest BCUT2D eigenvalue weighted by Crippen LogP contribution is 2.45. The van der Waals surface area contributed by atoms with Crippen molar-refractivity contribution in [1.29, 1.82) is 0 Å². The average Bonchev–Trinajstić information content (AvgIpc) is 3.49. The standard InChI is InChI=1S/C27H19ClN4O3S/c1-14-9-10-18-19(12-14)36-27(30-18)32-23(16-6-5-7-17(28)13-16)21(25(34)26(32)35)24(33)22-15(2)29-20-8-3-4-11-31(20)22/h3-13,23,33H,1-2H3/b24-21+. The minimum Gasteiger partial charge on any atom is -0.505 e. The number of halogens is 1. The molecule has 0 aliphatic carbocycles. The number of fused-ring (bicyclic) bond motifs is 2. The summed E-state index contributed by atoms with van der Waals surface area (Å²) in [5.41, 5.74) is 3.85. The number of pyridine rings is 1. The van der Waals surface area contributed by atoms with E-state index in [9.17, 15) is 14.7 Å². The number of Topliss-reactive ketones (excluding diaryl/α,β-unsaturated/α-hetero) is 1. The van der Waals surface area contributed by atoms with Crippen molar-refractivity contribution in [3.63, 3.8) is 0 Å². The van der Waals surface area contributed by atoms with Gasteiger partial charge in [-0.15, -0.1) is 0 Å². The Kier molecular flexibility index (Phi) is 5.17. The Hall–Kier alpha value is -4.01. The molecule has 0 radical (unpaired) electrons. The number of thiazole rings is 1. The van der Waals surface area contributed by atoms with Gasteiger partial charge in [0.05, 0.1) is 27.5 Å². The second kappa shape index (κ2) is 8.29. The quantitative estimate of drug-likeness (QED) is 0.186. The van der Waals surface area contributed by atoms with E-state index in [0.29, 0.717) is 32.8 Å². The summed E-state index contributed by atoms with van der Waals surface area (Å²) in [6.07, 6.45) is 1.75. The number of amides is 1. The van der Waals surface area contributed by atoms with Gasteiger partial charge >= 0.3 is 5.91 Å². The topological polar surface area (TPSA) is 87.8 Å². The molecule has 0 saturated carbocycles. The minimum absolute atomic E-state index is 0.0357. The summed E-state index contributed by atoms with van der Waals surface area (Å²) in [7, 11) is 0. The molecule has 1 atom stereocenters. The van der Waals surface area contributed by atoms with Crippen molar-refractivity contribution < 1.29 is 14.7 Å². The maximum absolute atomic E-state index is 13.5. The van der Waals surface area contributed by atoms with E-state index in [2.05, 4.69) is 9.97 Å². The zero-order chi connectivity index (χ0) is 25.1. The van der Waals surface area contributed by atoms with Crippen LogP contribution in [0.4, 0.5) is 5.13 Å². The second-order valence-electron chi connectivity index (χ2n) is 8.67. The van der Waals surface area contributed by atoms with E-state index < -0.39 is 17.7 Å². The molecule has 1 unspecified atom stereocenters. The van der Waals surface area contributed by atoms with Crippen LogP contribution in [0.3, 0.4) is 0 Å². The lowest BCUT2D eigenvalue weighted by Crippen LogP contribution is -2.29. The third-order valence-electron chi connectivity index (χ3n) is 6.28. The largest absolute Gasteiger partial charge is 0.505 e. The molecule has 1 fully saturated rings. The van der Waals surface area contributed by atoms with Gasteiger partial charge in [-0.25, -0.2) is 9.97 Å². The number of aliphatic hydroxyl groups is 1. The molecule has 1 aliphatic rings. The van der Waals surface area contributed by atoms with Gasteiger partial charge in [0, 0.05) is 11.2 Å². The van der Waals surface area contributed by atoms with Crippen LogP contribution in [0.2, 0.25) is 5.02 Å². The molecule has 4 heterocycles. The predicted octanol–water partition coefficient (Wildman–Crippen LogP) is 5.84. The lowest BCUT2D eigenvalue weighted by Gasteiger charge is -2.23. The van der Waals surface area contributed by atoms with Crippen LogP contribution in [0.15, 0.2) is 72.4 Å². The summed E-state index contributed by atoms with van der Waals surface area (Å²) in [5, 5.41) is 12.4. The fourth-order valence-corrected chi connectivity index (χ4v) is 5.96. The second-order valence-corrected chi connectivity index (χ2v) is 10.1. The molecule has 2 aromatic carbocycles. The smallest absolute Gasteiger partial charge is 0.301 e. The van der Waals surface area contributed by atoms with Crippen LogP contribution in [0.1, 0.15) is 28.6 Å². The number of aromatic nitrogens is 3. The molecule has 1 amide bonds. The number of hydrogen-bond acceptors (Lipinski definition) is 6. The maximum Gasteiger partial charge on any atom is 0.301 e. The Morgan fingerprint density at radius 1 is 1.03 bits per heavy atom. The number of carbonyl (C=O) groups excluding carboxylic acids is 2. The Labute approximate surface area is 214 Å². The SMILES string of the molecule is Cc1ccc2nc(N3C(=O)C(=O)/C(=C(/O)c4c(C)nc5ccccn45)C3c3cccc(Cl)c3)sc2c1. The lowest BCUT2D eigenvalue weighted by molar-refractivity contribution is -0.132. The van der Waals surface area contributed by atoms with Gasteiger partial charge < -0.3 is 5.11 Å². The van der Waals surface area contributed by atoms with Crippen LogP contribution < -0.4 is 4.90 Å². The molecule has 36 heavy (non-hydrogen) atoms. The first-order valence-electron chi connectivity index (χ1n) is 11.2. The molecule has 1 aliphatic heterocycles. The number of anilines is 1. The van der Waals surface area contributed by atoms with E-state index in [-0.39, 0.29) is 11.3 Å². The zero-order valence-corrected chi connectivity index (χ0v) is 20.8. The first-order chi connectivity index (χ1) is 17.3. The van der Waals surface area contributed by atoms with E-state index in [1.54, 1.807) is 53.9 Å². The van der Waals surface area contributed by atoms with Gasteiger partial charge in [-0.2, -0.15) is 0 Å². The van der Waals surface area contributed by atoms with E-state index >= 15 is 0 Å². The Balaban J connectivity index is 1.62. The Morgan fingerprint density at radius 3 is 2.67 bits per heavy atom. The van der Waals surface area contributed by atoms with Gasteiger partial charge in [0.25, 0.3) is 5.78 Å². The summed E-state index contributed by atoms with van der Waals surface area (Å²) in [6, 6.07) is 17.3. The first-order valence-corrected chi connectivity index (χ1v) is 12.4. The molecule has 6 rings (SSSR count). The van der Waals surface area contributed by atoms with Crippen molar-refractivity contribution in [3.05, 3.63) is 100.0 Å². The highest BCUT2D eigenvalue weighted by atomic mass is 35.5. The number of hydrogen-bond donors (Lipinski definition) is 1. The summed E-state index contributed by atoms with van der Waals surface area (Å²) in [5.74, 6) is -1.85. The number of imidazole rings is 1. The number of aliphatic hydroxyl groups excluding tert-OH is 1. The molecular weight excluding hydrogens is 496 g/mol. The number of benzene rings is 2. The van der Waals surface area contributed by atoms with E-state index in [0.717, 1.165) is 15.8 Å². The van der Waals surface area contributed by atoms with Crippen LogP contribution in [0.25, 0.3) is 21.6 Å². The summed E-state index contributed by atoms with van der Waals surface area (Å²) in [4.78, 5) is 37.5. The van der Waals surface area contributed by atoms with Crippen LogP contribution in [0.5, 0.6) is 0 Å². The number of nitrogens with zero attached hydrogens (tertiary/aromatic N) is 4. The van der Waals surface area contributed by atoms with Gasteiger partial charge in [-0.3, -0.25) is 18.9 Å². The number of rotatable bonds is 3. The highest BCUT2D eigenvalue weighted by Gasteiger charge is 2.48. The molecular formula is C27H19ClN4O3S. The van der Waals surface area contributed by atoms with Crippen molar-refractivity contribution in [2.24, 2.45) is 0 Å². The molecule has 9 heteroatoms. The van der Waals surface area contributed by atoms with Crippen LogP contribution >= 0.6 is 22.9 Å². The molecule has 3 aromatic heterocycles. The molecule has 178 valence electrons. The lowest BCUT2D eigenvalue weighted by atomic mass is 9.96. The normalized spacial score (nSPS) is 17.5. The molecule has 1 saturated heterocycles. The summed E-state index contributed by atoms with van der Waals surface area (Å²) < 4.78 is 2.60. The number of ketones is 1. The molecule has 0 bridgehead atoms. The van der Waals surface area contributed by atoms with E-state index in [4.69, 9.17) is 11.6 Å². The Morgan fingerprint density at radius 2 is 1.86 bits per heavy atom. The van der Waals surface area contributed by atoms with Gasteiger partial charge in [-0.05, 0) is 61.4 Å². The van der Waals surface area contributed by atoms with Crippen LogP contribution in [0, 0.1) is 13.8 Å². The van der Waals surface area contributed by atoms with Crippen LogP contribution in [-0.2, 0) is 9.59 Å². The maximum atomic E-state index is 13.5. The van der Waals surface area contributed by atoms with Crippen LogP contribution in [-0.4, -0.2) is 31.2 Å². The van der Waals surface area contributed by atoms with Crippen molar-refractivity contribution in [3.8, 4) is 0 Å². The minimum atomic E-state index is -0.918. The summed E-state index contributed by atoms with van der Waals surface area (Å²) >= 11 is 7.63. The van der Waals surface area contributed by atoms with Crippen molar-refractivity contribution in [1.82, 2.24) is 14.4 Å². The molecule has 0 spiro atoms. The monoisotopic (exact) mass is 514 g/mol. The van der Waals surface area contributed by atoms with Crippen molar-refractivity contribution >= 4 is 61.4 Å². The fourth-order valence-electron chi connectivity index (χ4n) is 4.67. The molecule has 1 N–H and O–H groups in total. The highest BCUT2D eigenvalue weighted by molar-refractivity contribution is 7.22. The molecule has 5 aromatic rings. The van der Waals surface area contributed by atoms with Gasteiger partial charge in [0.15, 0.2) is 10.9 Å². The third kappa shape index (κ3) is 3.41. The van der Waals surface area contributed by atoms with Gasteiger partial charge in [-0.1, -0.05) is 47.2 Å². The van der Waals surface area contributed by atoms with Crippen molar-refractivity contribution in [2.75, 3.05) is 4.90 Å². The first kappa shape index (κ1) is 22.5. The van der Waals surface area contributed by atoms with E-state index in [1.165, 1.54) is 16.2 Å². The summed E-state index contributed by atoms with van der Waals surface area (Å²) in [6.45, 7) is 3.73. The number of aryl methyl sites for hydroxylation is 2. The predicted molar refractivity (Wildman–Crippen MR) is 141 cm³/mol. The molecule has 7 nitrogen and oxygen atoms in total. The van der Waals surface area contributed by atoms with Gasteiger partial charge in [0.1, 0.15) is 11.3 Å². The Bertz CT molecular complexity index is 1750. The fraction of sp³-hybridized carbons (Fsp3) is 0.111.